The summed E-state index contributed by atoms with van der Waals surface area (Å²) in [6.45, 7) is 3.67. The minimum atomic E-state index is -0.448. The fourth-order valence-electron chi connectivity index (χ4n) is 3.95. The summed E-state index contributed by atoms with van der Waals surface area (Å²) in [5.74, 6) is -0.542. The molecule has 6 nitrogen and oxygen atoms in total. The van der Waals surface area contributed by atoms with Gasteiger partial charge in [0.25, 0.3) is 5.91 Å². The maximum atomic E-state index is 13.4. The summed E-state index contributed by atoms with van der Waals surface area (Å²) in [5, 5.41) is 8.15. The topological polar surface area (TPSA) is 81.4 Å². The number of nitrogens with zero attached hydrogens (tertiary/aromatic N) is 1. The van der Waals surface area contributed by atoms with Gasteiger partial charge >= 0.3 is 5.97 Å². The van der Waals surface area contributed by atoms with Crippen LogP contribution in [0, 0.1) is 6.92 Å². The Labute approximate surface area is 199 Å². The second-order valence-corrected chi connectivity index (χ2v) is 9.42. The molecule has 0 atom stereocenters. The molecule has 3 aromatic rings. The van der Waals surface area contributed by atoms with Gasteiger partial charge in [-0.3, -0.25) is 4.79 Å². The van der Waals surface area contributed by atoms with E-state index in [-0.39, 0.29) is 17.9 Å². The second kappa shape index (κ2) is 9.65. The number of halogens is 2. The number of rotatable bonds is 5. The van der Waals surface area contributed by atoms with E-state index >= 15 is 0 Å². The van der Waals surface area contributed by atoms with Gasteiger partial charge in [-0.25, -0.2) is 4.79 Å². The van der Waals surface area contributed by atoms with Crippen molar-refractivity contribution in [2.75, 3.05) is 11.9 Å². The third-order valence-corrected chi connectivity index (χ3v) is 7.25. The number of hydrogen-bond acceptors (Lipinski definition) is 6. The van der Waals surface area contributed by atoms with Crippen molar-refractivity contribution in [3.63, 3.8) is 0 Å². The quantitative estimate of drug-likeness (QED) is 0.315. The van der Waals surface area contributed by atoms with Crippen LogP contribution in [0.25, 0.3) is 11.3 Å². The number of fused-ring (bicyclic) bond motifs is 1. The standard InChI is InChI=1S/C23H22Cl2N2O4S/c1-3-30-23(29)18-13-8-5-4-6-11-16(13)32-22(18)26-21(28)17-12(2)31-27-20(17)19-14(24)9-7-10-15(19)25/h7,9-10H,3-6,8,11H2,1-2H3,(H,26,28). The number of thiophene rings is 1. The summed E-state index contributed by atoms with van der Waals surface area (Å²) in [7, 11) is 0. The third-order valence-electron chi connectivity index (χ3n) is 5.42. The lowest BCUT2D eigenvalue weighted by Crippen LogP contribution is -2.16. The van der Waals surface area contributed by atoms with E-state index in [9.17, 15) is 9.59 Å². The smallest absolute Gasteiger partial charge is 0.341 e. The van der Waals surface area contributed by atoms with Crippen LogP contribution in [0.5, 0.6) is 0 Å². The fraction of sp³-hybridized carbons (Fsp3) is 0.348. The van der Waals surface area contributed by atoms with Crippen LogP contribution in [0.1, 0.15) is 63.1 Å². The lowest BCUT2D eigenvalue weighted by atomic mass is 10.0. The van der Waals surface area contributed by atoms with Crippen molar-refractivity contribution in [1.82, 2.24) is 5.16 Å². The number of carbonyl (C=O) groups is 2. The molecule has 0 aliphatic heterocycles. The molecule has 1 N–H and O–H groups in total. The van der Waals surface area contributed by atoms with E-state index in [1.54, 1.807) is 32.0 Å². The number of benzene rings is 1. The van der Waals surface area contributed by atoms with Gasteiger partial charge < -0.3 is 14.6 Å². The van der Waals surface area contributed by atoms with Gasteiger partial charge in [0, 0.05) is 10.4 Å². The Hall–Kier alpha value is -2.35. The Morgan fingerprint density at radius 2 is 1.88 bits per heavy atom. The fourth-order valence-corrected chi connectivity index (χ4v) is 5.80. The highest BCUT2D eigenvalue weighted by Crippen LogP contribution is 2.40. The van der Waals surface area contributed by atoms with Crippen LogP contribution < -0.4 is 5.32 Å². The molecule has 2 heterocycles. The van der Waals surface area contributed by atoms with Crippen molar-refractivity contribution in [3.05, 3.63) is 55.6 Å². The van der Waals surface area contributed by atoms with Gasteiger partial charge in [-0.15, -0.1) is 11.3 Å². The molecule has 9 heteroatoms. The molecule has 0 saturated heterocycles. The Balaban J connectivity index is 1.75. The number of aryl methyl sites for hydroxylation is 2. The molecular weight excluding hydrogens is 471 g/mol. The number of ether oxygens (including phenoxy) is 1. The van der Waals surface area contributed by atoms with Crippen molar-refractivity contribution in [2.45, 2.75) is 46.0 Å². The van der Waals surface area contributed by atoms with Gasteiger partial charge in [-0.05, 0) is 57.2 Å². The van der Waals surface area contributed by atoms with Crippen LogP contribution >= 0.6 is 34.5 Å². The molecule has 1 aromatic carbocycles. The summed E-state index contributed by atoms with van der Waals surface area (Å²) in [5.41, 5.74) is 2.33. The summed E-state index contributed by atoms with van der Waals surface area (Å²) in [4.78, 5) is 27.3. The van der Waals surface area contributed by atoms with Gasteiger partial charge in [0.05, 0.1) is 22.2 Å². The van der Waals surface area contributed by atoms with Gasteiger partial charge in [0.2, 0.25) is 0 Å². The molecule has 0 saturated carbocycles. The van der Waals surface area contributed by atoms with Crippen molar-refractivity contribution >= 4 is 51.4 Å². The molecule has 4 rings (SSSR count). The average Bonchev–Trinajstić information content (AvgIpc) is 3.19. The molecule has 1 aliphatic carbocycles. The molecule has 0 radical (unpaired) electrons. The SMILES string of the molecule is CCOC(=O)c1c(NC(=O)c2c(-c3c(Cl)cccc3Cl)noc2C)sc2c1CCCCC2. The first-order valence-electron chi connectivity index (χ1n) is 10.5. The Morgan fingerprint density at radius 1 is 1.16 bits per heavy atom. The van der Waals surface area contributed by atoms with Crippen LogP contribution in [0.4, 0.5) is 5.00 Å². The van der Waals surface area contributed by atoms with Crippen LogP contribution in [0.2, 0.25) is 10.0 Å². The van der Waals surface area contributed by atoms with Crippen LogP contribution in [-0.4, -0.2) is 23.6 Å². The first-order chi connectivity index (χ1) is 15.4. The largest absolute Gasteiger partial charge is 0.462 e. The number of amides is 1. The summed E-state index contributed by atoms with van der Waals surface area (Å²) in [6, 6.07) is 5.05. The number of hydrogen-bond donors (Lipinski definition) is 1. The molecule has 168 valence electrons. The highest BCUT2D eigenvalue weighted by atomic mass is 35.5. The predicted octanol–water partition coefficient (Wildman–Crippen LogP) is 6.72. The molecule has 0 bridgehead atoms. The minimum absolute atomic E-state index is 0.221. The van der Waals surface area contributed by atoms with Crippen LogP contribution in [0.3, 0.4) is 0 Å². The third kappa shape index (κ3) is 4.29. The molecule has 1 aliphatic rings. The zero-order valence-electron chi connectivity index (χ0n) is 17.7. The predicted molar refractivity (Wildman–Crippen MR) is 126 cm³/mol. The van der Waals surface area contributed by atoms with E-state index in [4.69, 9.17) is 32.5 Å². The molecule has 0 spiro atoms. The maximum absolute atomic E-state index is 13.4. The van der Waals surface area contributed by atoms with E-state index in [0.29, 0.717) is 31.9 Å². The number of nitrogens with one attached hydrogen (secondary N) is 1. The summed E-state index contributed by atoms with van der Waals surface area (Å²) >= 11 is 14.1. The van der Waals surface area contributed by atoms with Crippen molar-refractivity contribution < 1.29 is 18.8 Å². The normalized spacial score (nSPS) is 13.4. The van der Waals surface area contributed by atoms with E-state index in [2.05, 4.69) is 10.5 Å². The molecule has 1 amide bonds. The number of aromatic nitrogens is 1. The Bertz CT molecular complexity index is 1160. The molecule has 2 aromatic heterocycles. The van der Waals surface area contributed by atoms with Gasteiger partial charge in [-0.1, -0.05) is 40.8 Å². The average molecular weight is 493 g/mol. The number of anilines is 1. The van der Waals surface area contributed by atoms with Crippen LogP contribution in [-0.2, 0) is 17.6 Å². The second-order valence-electron chi connectivity index (χ2n) is 7.50. The lowest BCUT2D eigenvalue weighted by molar-refractivity contribution is 0.0527. The van der Waals surface area contributed by atoms with Gasteiger partial charge in [0.15, 0.2) is 0 Å². The first-order valence-corrected chi connectivity index (χ1v) is 12.0. The molecule has 0 unspecified atom stereocenters. The Kier molecular flexibility index (Phi) is 6.88. The molecule has 32 heavy (non-hydrogen) atoms. The van der Waals surface area contributed by atoms with Crippen molar-refractivity contribution in [2.24, 2.45) is 0 Å². The summed E-state index contributed by atoms with van der Waals surface area (Å²) in [6.07, 6.45) is 4.86. The van der Waals surface area contributed by atoms with E-state index in [1.807, 2.05) is 0 Å². The lowest BCUT2D eigenvalue weighted by Gasteiger charge is -2.09. The summed E-state index contributed by atoms with van der Waals surface area (Å²) < 4.78 is 10.6. The van der Waals surface area contributed by atoms with E-state index < -0.39 is 11.9 Å². The van der Waals surface area contributed by atoms with Crippen molar-refractivity contribution in [3.8, 4) is 11.3 Å². The zero-order chi connectivity index (χ0) is 22.8. The van der Waals surface area contributed by atoms with E-state index in [1.165, 1.54) is 11.3 Å². The first kappa shape index (κ1) is 22.8. The van der Waals surface area contributed by atoms with Gasteiger partial charge in [0.1, 0.15) is 22.0 Å². The zero-order valence-corrected chi connectivity index (χ0v) is 20.0. The Morgan fingerprint density at radius 3 is 2.59 bits per heavy atom. The number of esters is 1. The maximum Gasteiger partial charge on any atom is 0.341 e. The van der Waals surface area contributed by atoms with Gasteiger partial charge in [-0.2, -0.15) is 0 Å². The number of carbonyl (C=O) groups excluding carboxylic acids is 2. The highest BCUT2D eigenvalue weighted by Gasteiger charge is 2.30. The van der Waals surface area contributed by atoms with Crippen LogP contribution in [0.15, 0.2) is 22.7 Å². The minimum Gasteiger partial charge on any atom is -0.462 e. The van der Waals surface area contributed by atoms with E-state index in [0.717, 1.165) is 42.5 Å². The highest BCUT2D eigenvalue weighted by molar-refractivity contribution is 7.17. The van der Waals surface area contributed by atoms with Crippen molar-refractivity contribution in [1.29, 1.82) is 0 Å². The monoisotopic (exact) mass is 492 g/mol. The molecule has 0 fully saturated rings. The molecular formula is C23H22Cl2N2O4S.